The fraction of sp³-hybridized carbons (Fsp3) is 0.370. The van der Waals surface area contributed by atoms with E-state index in [4.69, 9.17) is 23.2 Å². The molecule has 0 aliphatic heterocycles. The van der Waals surface area contributed by atoms with Crippen LogP contribution in [0.5, 0.6) is 0 Å². The normalized spacial score (nSPS) is 11.5. The zero-order valence-electron chi connectivity index (χ0n) is 18.9. The van der Waals surface area contributed by atoms with Crippen molar-refractivity contribution in [1.82, 2.24) is 0 Å². The number of fused-ring (bicyclic) bond motifs is 3. The Morgan fingerprint density at radius 3 is 1.83 bits per heavy atom. The Bertz CT molecular complexity index is 836. The summed E-state index contributed by atoms with van der Waals surface area (Å²) in [5.74, 6) is 0.640. The molecular weight excluding hydrogens is 443 g/mol. The second kappa shape index (κ2) is 12.2. The molecule has 0 radical (unpaired) electrons. The number of benzene rings is 2. The predicted molar refractivity (Wildman–Crippen MR) is 129 cm³/mol. The summed E-state index contributed by atoms with van der Waals surface area (Å²) in [4.78, 5) is 0. The van der Waals surface area contributed by atoms with Crippen LogP contribution in [0, 0.1) is 31.7 Å². The number of hydrogen-bond donors (Lipinski definition) is 0. The third-order valence-electron chi connectivity index (χ3n) is 5.22. The molecule has 1 aliphatic carbocycles. The Labute approximate surface area is 208 Å². The zero-order chi connectivity index (χ0) is 21.6. The van der Waals surface area contributed by atoms with E-state index < -0.39 is 4.33 Å². The SMILES string of the molecule is CC(C)C(Cl)(Cl)C(C)C.Cc1ccc(C)[cH-]1.[Ti+2].[c-]1cccc2c1Cc1ccccc1-2. The van der Waals surface area contributed by atoms with Gasteiger partial charge in [0.05, 0.1) is 0 Å². The Morgan fingerprint density at radius 1 is 0.833 bits per heavy atom. The molecular formula is C27H32Cl2Ti. The van der Waals surface area contributed by atoms with Gasteiger partial charge in [-0.3, -0.25) is 0 Å². The average molecular weight is 475 g/mol. The molecule has 0 nitrogen and oxygen atoms in total. The second-order valence-corrected chi connectivity index (χ2v) is 9.79. The van der Waals surface area contributed by atoms with Gasteiger partial charge in [-0.1, -0.05) is 76.9 Å². The van der Waals surface area contributed by atoms with Gasteiger partial charge in [-0.05, 0) is 18.3 Å². The van der Waals surface area contributed by atoms with E-state index in [9.17, 15) is 0 Å². The molecule has 3 aromatic carbocycles. The minimum atomic E-state index is -0.556. The van der Waals surface area contributed by atoms with Crippen molar-refractivity contribution in [2.24, 2.45) is 11.8 Å². The molecule has 1 aliphatic rings. The largest absolute Gasteiger partial charge is 2.00 e. The summed E-state index contributed by atoms with van der Waals surface area (Å²) >= 11 is 11.9. The van der Waals surface area contributed by atoms with Crippen LogP contribution in [0.2, 0.25) is 0 Å². The first-order chi connectivity index (χ1) is 13.6. The van der Waals surface area contributed by atoms with E-state index in [0.717, 1.165) is 6.42 Å². The van der Waals surface area contributed by atoms with Crippen LogP contribution in [0.4, 0.5) is 0 Å². The van der Waals surface area contributed by atoms with Gasteiger partial charge in [0.2, 0.25) is 0 Å². The summed E-state index contributed by atoms with van der Waals surface area (Å²) in [5, 5.41) is 0. The molecule has 0 fully saturated rings. The Hall–Kier alpha value is -0.916. The molecule has 0 spiro atoms. The summed E-state index contributed by atoms with van der Waals surface area (Å²) in [5.41, 5.74) is 8.23. The van der Waals surface area contributed by atoms with Crippen molar-refractivity contribution < 1.29 is 21.7 Å². The van der Waals surface area contributed by atoms with E-state index in [1.807, 2.05) is 33.8 Å². The van der Waals surface area contributed by atoms with Gasteiger partial charge in [0.25, 0.3) is 0 Å². The third kappa shape index (κ3) is 7.35. The summed E-state index contributed by atoms with van der Waals surface area (Å²) in [7, 11) is 0. The number of alkyl halides is 2. The van der Waals surface area contributed by atoms with Crippen LogP contribution < -0.4 is 0 Å². The quantitative estimate of drug-likeness (QED) is 0.155. The van der Waals surface area contributed by atoms with E-state index in [-0.39, 0.29) is 21.7 Å². The van der Waals surface area contributed by atoms with Crippen LogP contribution in [-0.2, 0) is 28.1 Å². The van der Waals surface area contributed by atoms with Gasteiger partial charge in [-0.2, -0.15) is 47.0 Å². The van der Waals surface area contributed by atoms with Crippen molar-refractivity contribution in [3.05, 3.63) is 89.0 Å². The number of halogens is 2. The van der Waals surface area contributed by atoms with E-state index in [1.165, 1.54) is 33.4 Å². The first-order valence-electron chi connectivity index (χ1n) is 10.3. The Morgan fingerprint density at radius 2 is 1.37 bits per heavy atom. The van der Waals surface area contributed by atoms with Gasteiger partial charge in [-0.25, -0.2) is 12.1 Å². The van der Waals surface area contributed by atoms with Crippen molar-refractivity contribution in [3.63, 3.8) is 0 Å². The van der Waals surface area contributed by atoms with Gasteiger partial charge in [-0.15, -0.1) is 28.8 Å². The van der Waals surface area contributed by atoms with Crippen molar-refractivity contribution in [1.29, 1.82) is 0 Å². The van der Waals surface area contributed by atoms with Crippen LogP contribution in [0.15, 0.2) is 60.7 Å². The van der Waals surface area contributed by atoms with Gasteiger partial charge in [0.1, 0.15) is 4.33 Å². The fourth-order valence-corrected chi connectivity index (χ4v) is 3.38. The van der Waals surface area contributed by atoms with E-state index in [0.29, 0.717) is 11.8 Å². The molecule has 0 unspecified atom stereocenters. The molecule has 0 N–H and O–H groups in total. The molecule has 158 valence electrons. The van der Waals surface area contributed by atoms with Crippen molar-refractivity contribution in [3.8, 4) is 11.1 Å². The summed E-state index contributed by atoms with van der Waals surface area (Å²) < 4.78 is -0.556. The van der Waals surface area contributed by atoms with Crippen molar-refractivity contribution in [2.75, 3.05) is 0 Å². The van der Waals surface area contributed by atoms with Gasteiger partial charge < -0.3 is 0 Å². The standard InChI is InChI=1S/C13H9.C7H14Cl2.C7H9.Ti/c1-3-7-12-10(5-1)9-11-6-2-4-8-13(11)12;1-5(2)7(8,9)6(3)4;1-6-3-4-7(2)5-6;/h1-5,7-8H,9H2;5-6H,1-4H3;3-5H,1-2H3;/q-1;;-1;+2. The van der Waals surface area contributed by atoms with Gasteiger partial charge in [0.15, 0.2) is 0 Å². The van der Waals surface area contributed by atoms with Gasteiger partial charge >= 0.3 is 21.7 Å². The van der Waals surface area contributed by atoms with Crippen molar-refractivity contribution >= 4 is 23.2 Å². The smallest absolute Gasteiger partial charge is 0.211 e. The average Bonchev–Trinajstić information content (AvgIpc) is 3.24. The molecule has 0 bridgehead atoms. The van der Waals surface area contributed by atoms with E-state index in [2.05, 4.69) is 74.5 Å². The molecule has 0 heterocycles. The molecule has 30 heavy (non-hydrogen) atoms. The van der Waals surface area contributed by atoms with Crippen LogP contribution in [0.3, 0.4) is 0 Å². The first kappa shape index (κ1) is 27.1. The molecule has 0 saturated carbocycles. The number of aryl methyl sites for hydroxylation is 2. The molecule has 3 heteroatoms. The summed E-state index contributed by atoms with van der Waals surface area (Å²) in [6.07, 6.45) is 1.05. The topological polar surface area (TPSA) is 0 Å². The van der Waals surface area contributed by atoms with E-state index in [1.54, 1.807) is 0 Å². The molecule has 0 aromatic heterocycles. The fourth-order valence-electron chi connectivity index (χ4n) is 3.38. The molecule has 0 atom stereocenters. The second-order valence-electron chi connectivity index (χ2n) is 8.35. The molecule has 4 rings (SSSR count). The maximum atomic E-state index is 5.97. The monoisotopic (exact) mass is 474 g/mol. The number of hydrogen-bond acceptors (Lipinski definition) is 0. The Balaban J connectivity index is 0.000000235. The maximum absolute atomic E-state index is 5.97. The molecule has 0 amide bonds. The van der Waals surface area contributed by atoms with E-state index >= 15 is 0 Å². The third-order valence-corrected chi connectivity index (χ3v) is 6.97. The molecule has 3 aromatic rings. The summed E-state index contributed by atoms with van der Waals surface area (Å²) in [6, 6.07) is 24.5. The maximum Gasteiger partial charge on any atom is 2.00 e. The molecule has 0 saturated heterocycles. The van der Waals surface area contributed by atoms with Crippen molar-refractivity contribution in [2.45, 2.75) is 52.3 Å². The zero-order valence-corrected chi connectivity index (χ0v) is 22.0. The van der Waals surface area contributed by atoms with Gasteiger partial charge in [0, 0.05) is 0 Å². The van der Waals surface area contributed by atoms with Crippen LogP contribution in [-0.4, -0.2) is 4.33 Å². The predicted octanol–water partition coefficient (Wildman–Crippen LogP) is 8.55. The van der Waals surface area contributed by atoms with Crippen LogP contribution >= 0.6 is 23.2 Å². The number of rotatable bonds is 2. The first-order valence-corrected chi connectivity index (χ1v) is 11.0. The summed E-state index contributed by atoms with van der Waals surface area (Å²) in [6.45, 7) is 12.3. The minimum absolute atomic E-state index is 0. The van der Waals surface area contributed by atoms with Crippen LogP contribution in [0.25, 0.3) is 11.1 Å². The minimum Gasteiger partial charge on any atom is -0.211 e. The Kier molecular flexibility index (Phi) is 11.0. The van der Waals surface area contributed by atoms with Crippen LogP contribution in [0.1, 0.15) is 49.9 Å².